The van der Waals surface area contributed by atoms with Crippen molar-refractivity contribution in [1.82, 2.24) is 0 Å². The summed E-state index contributed by atoms with van der Waals surface area (Å²) in [5.41, 5.74) is 8.07. The highest BCUT2D eigenvalue weighted by Gasteiger charge is 2.30. The minimum absolute atomic E-state index is 0.143. The fourth-order valence-corrected chi connectivity index (χ4v) is 3.16. The van der Waals surface area contributed by atoms with Crippen LogP contribution in [0, 0.1) is 5.82 Å². The Hall–Kier alpha value is -0.410. The molecule has 17 heavy (non-hydrogen) atoms. The molecule has 0 saturated heterocycles. The topological polar surface area (TPSA) is 26.0 Å². The molecule has 0 atom stereocenters. The van der Waals surface area contributed by atoms with Crippen molar-refractivity contribution in [3.8, 4) is 0 Å². The average molecular weight is 300 g/mol. The molecule has 1 aliphatic rings. The zero-order valence-electron chi connectivity index (χ0n) is 10.2. The zero-order valence-corrected chi connectivity index (χ0v) is 11.8. The van der Waals surface area contributed by atoms with Crippen molar-refractivity contribution in [3.63, 3.8) is 0 Å². The second kappa shape index (κ2) is 5.07. The van der Waals surface area contributed by atoms with Crippen LogP contribution in [-0.2, 0) is 12.0 Å². The Balaban J connectivity index is 2.41. The molecule has 3 heteroatoms. The van der Waals surface area contributed by atoms with E-state index in [1.165, 1.54) is 19.3 Å². The first kappa shape index (κ1) is 13.0. The highest BCUT2D eigenvalue weighted by atomic mass is 79.9. The van der Waals surface area contributed by atoms with E-state index in [2.05, 4.69) is 15.9 Å². The predicted octanol–water partition coefficient (Wildman–Crippen LogP) is 4.27. The van der Waals surface area contributed by atoms with Gasteiger partial charge in [-0.25, -0.2) is 4.39 Å². The first-order chi connectivity index (χ1) is 8.07. The van der Waals surface area contributed by atoms with Crippen molar-refractivity contribution in [1.29, 1.82) is 0 Å². The third-order valence-electron chi connectivity index (χ3n) is 3.81. The van der Waals surface area contributed by atoms with Gasteiger partial charge in [0.25, 0.3) is 0 Å². The first-order valence-corrected chi connectivity index (χ1v) is 7.13. The molecule has 0 unspecified atom stereocenters. The van der Waals surface area contributed by atoms with Crippen molar-refractivity contribution in [2.75, 3.05) is 0 Å². The molecule has 0 spiro atoms. The van der Waals surface area contributed by atoms with Crippen LogP contribution in [0.15, 0.2) is 16.6 Å². The second-order valence-corrected chi connectivity index (χ2v) is 5.86. The van der Waals surface area contributed by atoms with E-state index in [4.69, 9.17) is 5.73 Å². The largest absolute Gasteiger partial charge is 0.321 e. The summed E-state index contributed by atoms with van der Waals surface area (Å²) < 4.78 is 14.3. The molecule has 0 aromatic heterocycles. The van der Waals surface area contributed by atoms with Gasteiger partial charge in [-0.2, -0.15) is 0 Å². The van der Waals surface area contributed by atoms with E-state index >= 15 is 0 Å². The monoisotopic (exact) mass is 299 g/mol. The molecule has 0 radical (unpaired) electrons. The van der Waals surface area contributed by atoms with Gasteiger partial charge in [-0.1, -0.05) is 32.3 Å². The molecule has 1 nitrogen and oxygen atoms in total. The van der Waals surface area contributed by atoms with Gasteiger partial charge in [0.1, 0.15) is 5.82 Å². The Morgan fingerprint density at radius 1 is 1.29 bits per heavy atom. The van der Waals surface area contributed by atoms with Gasteiger partial charge in [0.15, 0.2) is 0 Å². The molecule has 1 aliphatic carbocycles. The summed E-state index contributed by atoms with van der Waals surface area (Å²) in [5.74, 6) is -0.143. The Morgan fingerprint density at radius 3 is 2.53 bits per heavy atom. The minimum atomic E-state index is -0.252. The number of aryl methyl sites for hydroxylation is 1. The van der Waals surface area contributed by atoms with Gasteiger partial charge in [0.2, 0.25) is 0 Å². The van der Waals surface area contributed by atoms with Crippen LogP contribution in [-0.4, -0.2) is 0 Å². The standard InChI is InChI=1S/C14H19BrFN/c1-2-10-8-11(9-12(15)13(10)16)14(17)6-4-3-5-7-14/h8-9H,2-7,17H2,1H3. The van der Waals surface area contributed by atoms with Crippen molar-refractivity contribution >= 4 is 15.9 Å². The first-order valence-electron chi connectivity index (χ1n) is 6.34. The molecule has 1 saturated carbocycles. The summed E-state index contributed by atoms with van der Waals surface area (Å²) in [6, 6.07) is 3.81. The van der Waals surface area contributed by atoms with Gasteiger partial charge in [-0.3, -0.25) is 0 Å². The lowest BCUT2D eigenvalue weighted by molar-refractivity contribution is 0.301. The predicted molar refractivity (Wildman–Crippen MR) is 72.4 cm³/mol. The third-order valence-corrected chi connectivity index (χ3v) is 4.38. The Morgan fingerprint density at radius 2 is 1.94 bits per heavy atom. The Kier molecular flexibility index (Phi) is 3.88. The van der Waals surface area contributed by atoms with Crippen LogP contribution in [0.25, 0.3) is 0 Å². The number of benzene rings is 1. The normalized spacial score (nSPS) is 19.3. The molecule has 0 bridgehead atoms. The molecule has 2 N–H and O–H groups in total. The van der Waals surface area contributed by atoms with Crippen LogP contribution in [0.4, 0.5) is 4.39 Å². The van der Waals surface area contributed by atoms with Crippen molar-refractivity contribution in [2.24, 2.45) is 5.73 Å². The molecule has 2 rings (SSSR count). The number of halogens is 2. The summed E-state index contributed by atoms with van der Waals surface area (Å²) in [6.45, 7) is 1.97. The van der Waals surface area contributed by atoms with E-state index in [1.54, 1.807) is 0 Å². The van der Waals surface area contributed by atoms with Gasteiger partial charge in [0.05, 0.1) is 4.47 Å². The lowest BCUT2D eigenvalue weighted by Crippen LogP contribution is -2.38. The summed E-state index contributed by atoms with van der Waals surface area (Å²) >= 11 is 3.30. The highest BCUT2D eigenvalue weighted by molar-refractivity contribution is 9.10. The van der Waals surface area contributed by atoms with Crippen molar-refractivity contribution in [2.45, 2.75) is 51.0 Å². The van der Waals surface area contributed by atoms with Crippen molar-refractivity contribution < 1.29 is 4.39 Å². The van der Waals surface area contributed by atoms with Crippen LogP contribution in [0.5, 0.6) is 0 Å². The molecule has 94 valence electrons. The summed E-state index contributed by atoms with van der Waals surface area (Å²) in [4.78, 5) is 0. The quantitative estimate of drug-likeness (QED) is 0.867. The second-order valence-electron chi connectivity index (χ2n) is 5.00. The van der Waals surface area contributed by atoms with Gasteiger partial charge in [-0.15, -0.1) is 0 Å². The zero-order chi connectivity index (χ0) is 12.5. The molecule has 0 amide bonds. The maximum absolute atomic E-state index is 13.8. The van der Waals surface area contributed by atoms with E-state index in [-0.39, 0.29) is 11.4 Å². The van der Waals surface area contributed by atoms with Crippen LogP contribution >= 0.6 is 15.9 Å². The van der Waals surface area contributed by atoms with E-state index in [0.29, 0.717) is 10.9 Å². The molecule has 1 aromatic rings. The van der Waals surface area contributed by atoms with Crippen LogP contribution in [0.2, 0.25) is 0 Å². The highest BCUT2D eigenvalue weighted by Crippen LogP contribution is 2.37. The summed E-state index contributed by atoms with van der Waals surface area (Å²) in [5, 5.41) is 0. The number of hydrogen-bond donors (Lipinski definition) is 1. The number of nitrogens with two attached hydrogens (primary N) is 1. The van der Waals surface area contributed by atoms with Crippen molar-refractivity contribution in [3.05, 3.63) is 33.5 Å². The van der Waals surface area contributed by atoms with Crippen LogP contribution in [0.1, 0.15) is 50.2 Å². The lowest BCUT2D eigenvalue weighted by Gasteiger charge is -2.34. The third kappa shape index (κ3) is 2.55. The SMILES string of the molecule is CCc1cc(C2(N)CCCCC2)cc(Br)c1F. The number of rotatable bonds is 2. The molecular weight excluding hydrogens is 281 g/mol. The molecule has 1 fully saturated rings. The average Bonchev–Trinajstić information content (AvgIpc) is 2.33. The Labute approximate surface area is 111 Å². The molecular formula is C14H19BrFN. The van der Waals surface area contributed by atoms with Gasteiger partial charge >= 0.3 is 0 Å². The smallest absolute Gasteiger partial charge is 0.140 e. The fraction of sp³-hybridized carbons (Fsp3) is 0.571. The van der Waals surface area contributed by atoms with E-state index in [0.717, 1.165) is 24.0 Å². The molecule has 1 aromatic carbocycles. The van der Waals surface area contributed by atoms with Gasteiger partial charge in [0, 0.05) is 5.54 Å². The fourth-order valence-electron chi connectivity index (χ4n) is 2.66. The maximum Gasteiger partial charge on any atom is 0.140 e. The maximum atomic E-state index is 13.8. The van der Waals surface area contributed by atoms with Gasteiger partial charge in [-0.05, 0) is 52.4 Å². The molecule has 0 aliphatic heterocycles. The Bertz CT molecular complexity index is 411. The summed E-state index contributed by atoms with van der Waals surface area (Å²) in [7, 11) is 0. The summed E-state index contributed by atoms with van der Waals surface area (Å²) in [6.07, 6.45) is 6.33. The number of hydrogen-bond acceptors (Lipinski definition) is 1. The lowest BCUT2D eigenvalue weighted by atomic mass is 9.77. The van der Waals surface area contributed by atoms with Crippen LogP contribution < -0.4 is 5.73 Å². The van der Waals surface area contributed by atoms with Crippen LogP contribution in [0.3, 0.4) is 0 Å². The van der Waals surface area contributed by atoms with E-state index < -0.39 is 0 Å². The van der Waals surface area contributed by atoms with Gasteiger partial charge < -0.3 is 5.73 Å². The van der Waals surface area contributed by atoms with E-state index in [1.807, 2.05) is 19.1 Å². The minimum Gasteiger partial charge on any atom is -0.321 e. The molecule has 0 heterocycles. The van der Waals surface area contributed by atoms with E-state index in [9.17, 15) is 4.39 Å².